The summed E-state index contributed by atoms with van der Waals surface area (Å²) in [5.41, 5.74) is 4.31. The first kappa shape index (κ1) is 21.9. The Hall–Kier alpha value is -3.63. The van der Waals surface area contributed by atoms with Gasteiger partial charge < -0.3 is 14.7 Å². The van der Waals surface area contributed by atoms with Gasteiger partial charge in [0.1, 0.15) is 5.82 Å². The van der Waals surface area contributed by atoms with Crippen LogP contribution in [-0.2, 0) is 19.5 Å². The first-order valence-corrected chi connectivity index (χ1v) is 11.9. The summed E-state index contributed by atoms with van der Waals surface area (Å²) in [4.78, 5) is 23.2. The van der Waals surface area contributed by atoms with E-state index in [2.05, 4.69) is 31.2 Å². The number of rotatable bonds is 4. The zero-order valence-electron chi connectivity index (χ0n) is 19.4. The maximum Gasteiger partial charge on any atom is 0.274 e. The minimum absolute atomic E-state index is 0.0645. The SMILES string of the molecule is Cc1cc(C(=O)N2CC(C(F)F)C2)nnc1N1CCc2ncc(N3CCCn4nccc43)cc2C1. The Balaban J connectivity index is 1.19. The van der Waals surface area contributed by atoms with Gasteiger partial charge in [-0.3, -0.25) is 9.78 Å². The van der Waals surface area contributed by atoms with Crippen molar-refractivity contribution in [2.45, 2.75) is 39.3 Å². The summed E-state index contributed by atoms with van der Waals surface area (Å²) < 4.78 is 27.5. The monoisotopic (exact) mass is 480 g/mol. The molecule has 0 radical (unpaired) electrons. The molecular formula is C24H26F2N8O. The second-order valence-corrected chi connectivity index (χ2v) is 9.43. The van der Waals surface area contributed by atoms with Gasteiger partial charge in [-0.15, -0.1) is 10.2 Å². The molecule has 35 heavy (non-hydrogen) atoms. The minimum Gasteiger partial charge on any atom is -0.350 e. The number of nitrogens with zero attached hydrogens (tertiary/aromatic N) is 8. The van der Waals surface area contributed by atoms with Crippen LogP contribution in [0.4, 0.5) is 26.1 Å². The van der Waals surface area contributed by atoms with Gasteiger partial charge >= 0.3 is 0 Å². The lowest BCUT2D eigenvalue weighted by molar-refractivity contribution is -0.0155. The van der Waals surface area contributed by atoms with Crippen molar-refractivity contribution < 1.29 is 13.6 Å². The van der Waals surface area contributed by atoms with Crippen molar-refractivity contribution in [1.82, 2.24) is 29.9 Å². The van der Waals surface area contributed by atoms with Crippen LogP contribution >= 0.6 is 0 Å². The van der Waals surface area contributed by atoms with E-state index in [-0.39, 0.29) is 24.7 Å². The van der Waals surface area contributed by atoms with Crippen LogP contribution in [0.25, 0.3) is 0 Å². The van der Waals surface area contributed by atoms with E-state index < -0.39 is 12.3 Å². The van der Waals surface area contributed by atoms with Gasteiger partial charge in [-0.25, -0.2) is 13.5 Å². The molecule has 0 aliphatic carbocycles. The molecule has 6 heterocycles. The van der Waals surface area contributed by atoms with Gasteiger partial charge in [-0.1, -0.05) is 0 Å². The van der Waals surface area contributed by atoms with E-state index in [4.69, 9.17) is 4.98 Å². The molecule has 6 rings (SSSR count). The van der Waals surface area contributed by atoms with Crippen LogP contribution in [0.1, 0.15) is 33.7 Å². The summed E-state index contributed by atoms with van der Waals surface area (Å²) in [7, 11) is 0. The van der Waals surface area contributed by atoms with E-state index in [0.29, 0.717) is 6.54 Å². The number of pyridine rings is 1. The third-order valence-corrected chi connectivity index (χ3v) is 7.09. The third-order valence-electron chi connectivity index (χ3n) is 7.09. The van der Waals surface area contributed by atoms with E-state index in [1.165, 1.54) is 4.90 Å². The van der Waals surface area contributed by atoms with Gasteiger partial charge in [0.2, 0.25) is 6.43 Å². The first-order valence-electron chi connectivity index (χ1n) is 11.9. The second-order valence-electron chi connectivity index (χ2n) is 9.43. The van der Waals surface area contributed by atoms with Crippen LogP contribution in [0.2, 0.25) is 0 Å². The normalized spacial score (nSPS) is 17.9. The zero-order valence-corrected chi connectivity index (χ0v) is 19.4. The van der Waals surface area contributed by atoms with Crippen molar-refractivity contribution in [1.29, 1.82) is 0 Å². The van der Waals surface area contributed by atoms with E-state index >= 15 is 0 Å². The summed E-state index contributed by atoms with van der Waals surface area (Å²) >= 11 is 0. The lowest BCUT2D eigenvalue weighted by Crippen LogP contribution is -2.52. The zero-order chi connectivity index (χ0) is 24.1. The number of aryl methyl sites for hydroxylation is 2. The number of carbonyl (C=O) groups excluding carboxylic acids is 1. The highest BCUT2D eigenvalue weighted by Crippen LogP contribution is 2.32. The van der Waals surface area contributed by atoms with Crippen LogP contribution in [0.3, 0.4) is 0 Å². The molecule has 3 aromatic rings. The van der Waals surface area contributed by atoms with Crippen molar-refractivity contribution in [2.75, 3.05) is 36.0 Å². The fourth-order valence-corrected chi connectivity index (χ4v) is 5.12. The number of amides is 1. The van der Waals surface area contributed by atoms with E-state index in [1.54, 1.807) is 6.07 Å². The van der Waals surface area contributed by atoms with Crippen LogP contribution in [0.5, 0.6) is 0 Å². The van der Waals surface area contributed by atoms with Crippen molar-refractivity contribution in [3.05, 3.63) is 53.1 Å². The quantitative estimate of drug-likeness (QED) is 0.568. The predicted molar refractivity (Wildman–Crippen MR) is 125 cm³/mol. The smallest absolute Gasteiger partial charge is 0.274 e. The van der Waals surface area contributed by atoms with E-state index in [1.807, 2.05) is 30.1 Å². The molecule has 182 valence electrons. The molecule has 0 unspecified atom stereocenters. The molecule has 0 saturated carbocycles. The Kier molecular flexibility index (Phi) is 5.34. The Labute approximate surface area is 201 Å². The van der Waals surface area contributed by atoms with Gasteiger partial charge in [0.05, 0.1) is 24.0 Å². The molecular weight excluding hydrogens is 454 g/mol. The number of anilines is 3. The predicted octanol–water partition coefficient (Wildman–Crippen LogP) is 2.82. The number of aromatic nitrogens is 5. The Morgan fingerprint density at radius 3 is 2.80 bits per heavy atom. The van der Waals surface area contributed by atoms with Crippen molar-refractivity contribution in [3.63, 3.8) is 0 Å². The Morgan fingerprint density at radius 1 is 1.14 bits per heavy atom. The molecule has 1 amide bonds. The molecule has 11 heteroatoms. The number of halogens is 2. The first-order chi connectivity index (χ1) is 17.0. The molecule has 3 aromatic heterocycles. The molecule has 3 aliphatic heterocycles. The summed E-state index contributed by atoms with van der Waals surface area (Å²) in [6.07, 6.45) is 3.19. The standard InChI is InChI=1S/C24H26F2N8O/c1-15-9-20(24(35)32-13-17(14-32)22(25)26)29-30-23(15)31-8-4-19-16(12-31)10-18(11-27-19)33-6-2-7-34-21(33)3-5-28-34/h3,5,9-11,17,22H,2,4,6-8,12-14H2,1H3. The number of hydrogen-bond donors (Lipinski definition) is 0. The molecule has 1 fully saturated rings. The highest BCUT2D eigenvalue weighted by molar-refractivity contribution is 5.93. The lowest BCUT2D eigenvalue weighted by Gasteiger charge is -2.38. The van der Waals surface area contributed by atoms with Crippen molar-refractivity contribution in [3.8, 4) is 0 Å². The average Bonchev–Trinajstić information content (AvgIpc) is 3.31. The van der Waals surface area contributed by atoms with Gasteiger partial charge in [0, 0.05) is 57.4 Å². The minimum atomic E-state index is -2.40. The van der Waals surface area contributed by atoms with Gasteiger partial charge in [0.15, 0.2) is 11.5 Å². The fourth-order valence-electron chi connectivity index (χ4n) is 5.12. The van der Waals surface area contributed by atoms with Gasteiger partial charge in [0.25, 0.3) is 5.91 Å². The maximum absolute atomic E-state index is 12.7. The Bertz CT molecular complexity index is 1270. The molecule has 0 N–H and O–H groups in total. The summed E-state index contributed by atoms with van der Waals surface area (Å²) in [6.45, 7) is 5.27. The summed E-state index contributed by atoms with van der Waals surface area (Å²) in [5.74, 6) is 0.713. The number of alkyl halides is 2. The summed E-state index contributed by atoms with van der Waals surface area (Å²) in [6, 6.07) is 5.93. The van der Waals surface area contributed by atoms with Crippen LogP contribution < -0.4 is 9.80 Å². The number of hydrogen-bond acceptors (Lipinski definition) is 7. The number of fused-ring (bicyclic) bond motifs is 2. The highest BCUT2D eigenvalue weighted by atomic mass is 19.3. The van der Waals surface area contributed by atoms with Crippen molar-refractivity contribution >= 4 is 23.2 Å². The average molecular weight is 481 g/mol. The van der Waals surface area contributed by atoms with Crippen LogP contribution in [0, 0.1) is 12.8 Å². The maximum atomic E-state index is 12.7. The molecule has 3 aliphatic rings. The summed E-state index contributed by atoms with van der Waals surface area (Å²) in [5, 5.41) is 12.9. The Morgan fingerprint density at radius 2 is 2.00 bits per heavy atom. The lowest BCUT2D eigenvalue weighted by atomic mass is 10.0. The van der Waals surface area contributed by atoms with Gasteiger partial charge in [-0.05, 0) is 36.6 Å². The largest absolute Gasteiger partial charge is 0.350 e. The van der Waals surface area contributed by atoms with Crippen LogP contribution in [0.15, 0.2) is 30.6 Å². The fraction of sp³-hybridized carbons (Fsp3) is 0.458. The third kappa shape index (κ3) is 3.88. The highest BCUT2D eigenvalue weighted by Gasteiger charge is 2.37. The van der Waals surface area contributed by atoms with Gasteiger partial charge in [-0.2, -0.15) is 5.10 Å². The molecule has 9 nitrogen and oxygen atoms in total. The molecule has 1 saturated heterocycles. The molecule has 0 atom stereocenters. The molecule has 0 aromatic carbocycles. The molecule has 0 bridgehead atoms. The number of carbonyl (C=O) groups is 1. The van der Waals surface area contributed by atoms with E-state index in [0.717, 1.165) is 66.6 Å². The molecule has 0 spiro atoms. The topological polar surface area (TPSA) is 83.3 Å². The van der Waals surface area contributed by atoms with Crippen LogP contribution in [-0.4, -0.2) is 68.4 Å². The van der Waals surface area contributed by atoms with Crippen molar-refractivity contribution in [2.24, 2.45) is 5.92 Å². The second kappa shape index (κ2) is 8.54. The number of likely N-dealkylation sites (tertiary alicyclic amines) is 1. The van der Waals surface area contributed by atoms with E-state index in [9.17, 15) is 13.6 Å².